The summed E-state index contributed by atoms with van der Waals surface area (Å²) in [6.07, 6.45) is 5.72. The summed E-state index contributed by atoms with van der Waals surface area (Å²) >= 11 is 0. The summed E-state index contributed by atoms with van der Waals surface area (Å²) in [5.41, 5.74) is 1.03. The highest BCUT2D eigenvalue weighted by atomic mass is 15.4. The van der Waals surface area contributed by atoms with Crippen LogP contribution < -0.4 is 0 Å². The minimum atomic E-state index is 0.942. The summed E-state index contributed by atoms with van der Waals surface area (Å²) in [7, 11) is 1.87. The van der Waals surface area contributed by atoms with E-state index in [2.05, 4.69) is 16.9 Å². The second-order valence-corrected chi connectivity index (χ2v) is 2.21. The van der Waals surface area contributed by atoms with E-state index in [1.54, 1.807) is 4.68 Å². The average molecular weight is 137 g/mol. The number of hydrogen-bond donors (Lipinski definition) is 0. The first-order valence-electron chi connectivity index (χ1n) is 3.29. The molecule has 0 atom stereocenters. The number of aryl methyl sites for hydroxylation is 2. The van der Waals surface area contributed by atoms with E-state index in [9.17, 15) is 0 Å². The van der Waals surface area contributed by atoms with Gasteiger partial charge in [-0.1, -0.05) is 11.3 Å². The summed E-state index contributed by atoms with van der Waals surface area (Å²) in [5.74, 6) is 0. The summed E-state index contributed by atoms with van der Waals surface area (Å²) in [6, 6.07) is 0. The Morgan fingerprint density at radius 2 is 2.60 bits per heavy atom. The number of allylic oxidation sites excluding steroid dienone is 1. The summed E-state index contributed by atoms with van der Waals surface area (Å²) in [6.45, 7) is 3.63. The first-order chi connectivity index (χ1) is 4.83. The number of rotatable bonds is 3. The Hall–Kier alpha value is -1.12. The van der Waals surface area contributed by atoms with Crippen molar-refractivity contribution in [1.82, 2.24) is 15.0 Å². The topological polar surface area (TPSA) is 30.7 Å². The van der Waals surface area contributed by atoms with Crippen molar-refractivity contribution in [2.75, 3.05) is 0 Å². The molecule has 1 rings (SSSR count). The van der Waals surface area contributed by atoms with Gasteiger partial charge in [-0.05, 0) is 12.8 Å². The van der Waals surface area contributed by atoms with E-state index >= 15 is 0 Å². The molecule has 54 valence electrons. The van der Waals surface area contributed by atoms with E-state index in [0.717, 1.165) is 18.5 Å². The zero-order valence-corrected chi connectivity index (χ0v) is 6.12. The summed E-state index contributed by atoms with van der Waals surface area (Å²) < 4.78 is 1.71. The largest absolute Gasteiger partial charge is 0.255 e. The third-order valence-corrected chi connectivity index (χ3v) is 1.25. The van der Waals surface area contributed by atoms with Crippen LogP contribution in [0.3, 0.4) is 0 Å². The Balaban J connectivity index is 2.49. The molecule has 3 heteroatoms. The van der Waals surface area contributed by atoms with E-state index in [4.69, 9.17) is 0 Å². The fourth-order valence-electron chi connectivity index (χ4n) is 0.760. The monoisotopic (exact) mass is 137 g/mol. The smallest absolute Gasteiger partial charge is 0.0830 e. The van der Waals surface area contributed by atoms with Gasteiger partial charge in [0.1, 0.15) is 0 Å². The van der Waals surface area contributed by atoms with Crippen LogP contribution in [0.4, 0.5) is 0 Å². The minimum Gasteiger partial charge on any atom is -0.255 e. The van der Waals surface area contributed by atoms with E-state index in [1.807, 2.05) is 19.3 Å². The van der Waals surface area contributed by atoms with Crippen molar-refractivity contribution in [3.8, 4) is 0 Å². The quantitative estimate of drug-likeness (QED) is 0.580. The SMILES string of the molecule is C=CCCc1cn(C)nn1. The molecule has 0 radical (unpaired) electrons. The van der Waals surface area contributed by atoms with Crippen molar-refractivity contribution in [3.63, 3.8) is 0 Å². The number of nitrogens with zero attached hydrogens (tertiary/aromatic N) is 3. The molecule has 1 aromatic rings. The molecule has 0 spiro atoms. The average Bonchev–Trinajstić information content (AvgIpc) is 2.31. The molecule has 0 amide bonds. The van der Waals surface area contributed by atoms with Gasteiger partial charge in [-0.3, -0.25) is 4.68 Å². The Kier molecular flexibility index (Phi) is 2.20. The molecule has 0 aliphatic heterocycles. The lowest BCUT2D eigenvalue weighted by Gasteiger charge is -1.85. The Morgan fingerprint density at radius 1 is 1.80 bits per heavy atom. The van der Waals surface area contributed by atoms with Gasteiger partial charge in [0.25, 0.3) is 0 Å². The maximum absolute atomic E-state index is 3.92. The van der Waals surface area contributed by atoms with Crippen molar-refractivity contribution >= 4 is 0 Å². The van der Waals surface area contributed by atoms with Gasteiger partial charge in [-0.25, -0.2) is 0 Å². The molecule has 0 bridgehead atoms. The van der Waals surface area contributed by atoms with Gasteiger partial charge in [0, 0.05) is 13.2 Å². The lowest BCUT2D eigenvalue weighted by molar-refractivity contribution is 0.713. The van der Waals surface area contributed by atoms with Gasteiger partial charge in [-0.2, -0.15) is 0 Å². The highest BCUT2D eigenvalue weighted by molar-refractivity contribution is 4.93. The lowest BCUT2D eigenvalue weighted by Crippen LogP contribution is -1.85. The van der Waals surface area contributed by atoms with Crippen molar-refractivity contribution < 1.29 is 0 Å². The minimum absolute atomic E-state index is 0.942. The Labute approximate surface area is 60.4 Å². The third kappa shape index (κ3) is 1.69. The van der Waals surface area contributed by atoms with Gasteiger partial charge in [-0.15, -0.1) is 11.7 Å². The van der Waals surface area contributed by atoms with Crippen LogP contribution in [-0.2, 0) is 13.5 Å². The van der Waals surface area contributed by atoms with Crippen LogP contribution in [-0.4, -0.2) is 15.0 Å². The standard InChI is InChI=1S/C7H11N3/c1-3-4-5-7-6-10(2)9-8-7/h3,6H,1,4-5H2,2H3. The molecule has 0 aromatic carbocycles. The molecule has 10 heavy (non-hydrogen) atoms. The molecule has 1 aromatic heterocycles. The molecule has 0 saturated heterocycles. The molecule has 3 nitrogen and oxygen atoms in total. The lowest BCUT2D eigenvalue weighted by atomic mass is 10.2. The zero-order chi connectivity index (χ0) is 7.40. The van der Waals surface area contributed by atoms with Crippen LogP contribution in [0.5, 0.6) is 0 Å². The van der Waals surface area contributed by atoms with E-state index in [-0.39, 0.29) is 0 Å². The Morgan fingerprint density at radius 3 is 3.10 bits per heavy atom. The predicted octanol–water partition coefficient (Wildman–Crippen LogP) is 0.934. The van der Waals surface area contributed by atoms with E-state index < -0.39 is 0 Å². The maximum Gasteiger partial charge on any atom is 0.0830 e. The number of aromatic nitrogens is 3. The van der Waals surface area contributed by atoms with Crippen molar-refractivity contribution in [3.05, 3.63) is 24.5 Å². The molecule has 0 aliphatic rings. The van der Waals surface area contributed by atoms with Gasteiger partial charge in [0.15, 0.2) is 0 Å². The van der Waals surface area contributed by atoms with Crippen LogP contribution in [0.1, 0.15) is 12.1 Å². The fraction of sp³-hybridized carbons (Fsp3) is 0.429. The fourth-order valence-corrected chi connectivity index (χ4v) is 0.760. The second kappa shape index (κ2) is 3.15. The predicted molar refractivity (Wildman–Crippen MR) is 39.5 cm³/mol. The van der Waals surface area contributed by atoms with Crippen LogP contribution in [0.25, 0.3) is 0 Å². The van der Waals surface area contributed by atoms with Gasteiger partial charge >= 0.3 is 0 Å². The van der Waals surface area contributed by atoms with Crippen LogP contribution in [0, 0.1) is 0 Å². The van der Waals surface area contributed by atoms with E-state index in [0.29, 0.717) is 0 Å². The first kappa shape index (κ1) is 6.99. The third-order valence-electron chi connectivity index (χ3n) is 1.25. The molecule has 0 fully saturated rings. The van der Waals surface area contributed by atoms with Crippen molar-refractivity contribution in [2.24, 2.45) is 7.05 Å². The normalized spacial score (nSPS) is 9.70. The van der Waals surface area contributed by atoms with E-state index in [1.165, 1.54) is 0 Å². The van der Waals surface area contributed by atoms with Crippen LogP contribution in [0.2, 0.25) is 0 Å². The highest BCUT2D eigenvalue weighted by Gasteiger charge is 1.94. The Bertz CT molecular complexity index is 214. The van der Waals surface area contributed by atoms with Crippen LogP contribution >= 0.6 is 0 Å². The van der Waals surface area contributed by atoms with Gasteiger partial charge in [0.2, 0.25) is 0 Å². The second-order valence-electron chi connectivity index (χ2n) is 2.21. The van der Waals surface area contributed by atoms with Crippen molar-refractivity contribution in [1.29, 1.82) is 0 Å². The molecule has 1 heterocycles. The highest BCUT2D eigenvalue weighted by Crippen LogP contribution is 1.96. The number of hydrogen-bond acceptors (Lipinski definition) is 2. The molecule has 0 saturated carbocycles. The molecule has 0 aliphatic carbocycles. The molecular formula is C7H11N3. The molecule has 0 N–H and O–H groups in total. The van der Waals surface area contributed by atoms with Crippen LogP contribution in [0.15, 0.2) is 18.9 Å². The maximum atomic E-state index is 3.92. The zero-order valence-electron chi connectivity index (χ0n) is 6.12. The molecule has 0 unspecified atom stereocenters. The van der Waals surface area contributed by atoms with Gasteiger partial charge < -0.3 is 0 Å². The van der Waals surface area contributed by atoms with Gasteiger partial charge in [0.05, 0.1) is 5.69 Å². The van der Waals surface area contributed by atoms with Crippen molar-refractivity contribution in [2.45, 2.75) is 12.8 Å². The summed E-state index contributed by atoms with van der Waals surface area (Å²) in [5, 5.41) is 7.72. The molecular weight excluding hydrogens is 126 g/mol. The first-order valence-corrected chi connectivity index (χ1v) is 3.29. The summed E-state index contributed by atoms with van der Waals surface area (Å²) in [4.78, 5) is 0.